The first-order chi connectivity index (χ1) is 15.8. The number of aliphatic hydroxyl groups is 5. The summed E-state index contributed by atoms with van der Waals surface area (Å²) in [6.45, 7) is 1.74. The van der Waals surface area contributed by atoms with Gasteiger partial charge in [-0.2, -0.15) is 0 Å². The van der Waals surface area contributed by atoms with Gasteiger partial charge in [0.1, 0.15) is 36.3 Å². The molecule has 0 amide bonds. The highest BCUT2D eigenvalue weighted by Crippen LogP contribution is 2.38. The highest BCUT2D eigenvalue weighted by Gasteiger charge is 2.45. The number of ether oxygens (including phenoxy) is 1. The van der Waals surface area contributed by atoms with Gasteiger partial charge >= 0.3 is 0 Å². The summed E-state index contributed by atoms with van der Waals surface area (Å²) >= 11 is 0. The van der Waals surface area contributed by atoms with Crippen LogP contribution >= 0.6 is 0 Å². The third-order valence-electron chi connectivity index (χ3n) is 6.30. The van der Waals surface area contributed by atoms with Crippen LogP contribution < -0.4 is 0 Å². The van der Waals surface area contributed by atoms with E-state index < -0.39 is 42.9 Å². The number of nitrogens with zero attached hydrogens (tertiary/aromatic N) is 1. The predicted octanol–water partition coefficient (Wildman–Crippen LogP) is 1.58. The molecular weight excluding hydrogens is 429 g/mol. The van der Waals surface area contributed by atoms with Crippen molar-refractivity contribution < 1.29 is 34.7 Å². The Morgan fingerprint density at radius 3 is 2.33 bits per heavy atom. The normalized spacial score (nSPS) is 25.6. The van der Waals surface area contributed by atoms with E-state index in [0.717, 1.165) is 17.5 Å². The summed E-state index contributed by atoms with van der Waals surface area (Å²) < 4.78 is 22.6. The number of halogens is 1. The number of aliphatic hydroxyl groups excluding tert-OH is 5. The molecule has 4 rings (SSSR count). The molecule has 0 saturated carbocycles. The smallest absolute Gasteiger partial charge is 0.147 e. The lowest BCUT2D eigenvalue weighted by Crippen LogP contribution is -2.55. The summed E-state index contributed by atoms with van der Waals surface area (Å²) in [5.41, 5.74) is 3.56. The molecule has 8 heteroatoms. The maximum absolute atomic E-state index is 15.1. The first-order valence-corrected chi connectivity index (χ1v) is 11.1. The Labute approximate surface area is 191 Å². The van der Waals surface area contributed by atoms with E-state index in [-0.39, 0.29) is 6.61 Å². The first kappa shape index (κ1) is 23.8. The van der Waals surface area contributed by atoms with Gasteiger partial charge in [-0.05, 0) is 48.6 Å². The van der Waals surface area contributed by atoms with Crippen LogP contribution in [0.2, 0.25) is 0 Å². The van der Waals surface area contributed by atoms with Crippen LogP contribution in [0.3, 0.4) is 0 Å². The third-order valence-corrected chi connectivity index (χ3v) is 6.30. The van der Waals surface area contributed by atoms with Crippen molar-refractivity contribution in [3.05, 3.63) is 70.7 Å². The zero-order valence-corrected chi connectivity index (χ0v) is 18.4. The van der Waals surface area contributed by atoms with Crippen molar-refractivity contribution in [1.29, 1.82) is 0 Å². The average molecular weight is 460 g/mol. The number of hydrogen-bond acceptors (Lipinski definition) is 6. The van der Waals surface area contributed by atoms with Crippen LogP contribution in [0, 0.1) is 12.7 Å². The van der Waals surface area contributed by atoms with Gasteiger partial charge in [0.05, 0.1) is 12.1 Å². The van der Waals surface area contributed by atoms with Gasteiger partial charge < -0.3 is 34.8 Å². The molecule has 178 valence electrons. The molecule has 1 aliphatic rings. The molecule has 1 aromatic heterocycles. The van der Waals surface area contributed by atoms with E-state index in [4.69, 9.17) is 9.84 Å². The zero-order chi connectivity index (χ0) is 23.7. The lowest BCUT2D eigenvalue weighted by Gasteiger charge is -2.40. The molecule has 0 unspecified atom stereocenters. The lowest BCUT2D eigenvalue weighted by molar-refractivity contribution is -0.231. The lowest BCUT2D eigenvalue weighted by atomic mass is 9.91. The van der Waals surface area contributed by atoms with Crippen molar-refractivity contribution in [2.45, 2.75) is 56.8 Å². The molecule has 7 nitrogen and oxygen atoms in total. The minimum atomic E-state index is -1.51. The Morgan fingerprint density at radius 1 is 0.970 bits per heavy atom. The van der Waals surface area contributed by atoms with E-state index in [9.17, 15) is 20.4 Å². The summed E-state index contributed by atoms with van der Waals surface area (Å²) in [6, 6.07) is 11.1. The van der Waals surface area contributed by atoms with Gasteiger partial charge in [-0.1, -0.05) is 24.3 Å². The van der Waals surface area contributed by atoms with Crippen molar-refractivity contribution in [3.63, 3.8) is 0 Å². The molecule has 1 fully saturated rings. The van der Waals surface area contributed by atoms with E-state index in [1.807, 2.05) is 24.3 Å². The number of fused-ring (bicyclic) bond motifs is 1. The van der Waals surface area contributed by atoms with Gasteiger partial charge in [0.15, 0.2) is 0 Å². The van der Waals surface area contributed by atoms with Crippen molar-refractivity contribution in [3.8, 4) is 0 Å². The highest BCUT2D eigenvalue weighted by molar-refractivity contribution is 5.86. The topological polar surface area (TPSA) is 115 Å². The van der Waals surface area contributed by atoms with E-state index >= 15 is 4.39 Å². The molecule has 0 spiro atoms. The second-order valence-corrected chi connectivity index (χ2v) is 8.75. The van der Waals surface area contributed by atoms with Crippen LogP contribution in [0.1, 0.15) is 34.8 Å². The molecule has 5 atom stereocenters. The number of aromatic nitrogens is 1. The Bertz CT molecular complexity index is 1100. The SMILES string of the molecule is Cc1cc(F)c2c(c1)c([C@@H]1O[C@H](CO)[C@@H](O)[C@H](O)[C@H]1O)cn2Cc1ccc(CCCO)cc1. The Morgan fingerprint density at radius 2 is 1.67 bits per heavy atom. The molecule has 5 N–H and O–H groups in total. The fourth-order valence-corrected chi connectivity index (χ4v) is 4.55. The summed E-state index contributed by atoms with van der Waals surface area (Å²) in [4.78, 5) is 0. The minimum Gasteiger partial charge on any atom is -0.396 e. The quantitative estimate of drug-likeness (QED) is 0.367. The van der Waals surface area contributed by atoms with E-state index in [0.29, 0.717) is 35.0 Å². The fourth-order valence-electron chi connectivity index (χ4n) is 4.55. The average Bonchev–Trinajstić information content (AvgIpc) is 3.15. The number of aryl methyl sites for hydroxylation is 2. The van der Waals surface area contributed by atoms with Gasteiger partial charge in [-0.25, -0.2) is 4.39 Å². The maximum Gasteiger partial charge on any atom is 0.147 e. The van der Waals surface area contributed by atoms with E-state index in [1.165, 1.54) is 6.07 Å². The van der Waals surface area contributed by atoms with Crippen LogP contribution in [0.5, 0.6) is 0 Å². The van der Waals surface area contributed by atoms with Crippen LogP contribution in [0.25, 0.3) is 10.9 Å². The number of benzene rings is 2. The van der Waals surface area contributed by atoms with Crippen molar-refractivity contribution >= 4 is 10.9 Å². The number of rotatable bonds is 7. The Balaban J connectivity index is 1.73. The molecule has 3 aromatic rings. The molecule has 33 heavy (non-hydrogen) atoms. The van der Waals surface area contributed by atoms with Crippen molar-refractivity contribution in [1.82, 2.24) is 4.57 Å². The second-order valence-electron chi connectivity index (χ2n) is 8.75. The third kappa shape index (κ3) is 4.68. The Hall–Kier alpha value is -2.33. The van der Waals surface area contributed by atoms with Crippen LogP contribution in [0.15, 0.2) is 42.6 Å². The summed E-state index contributed by atoms with van der Waals surface area (Å²) in [6.07, 6.45) is -3.36. The zero-order valence-electron chi connectivity index (χ0n) is 18.4. The monoisotopic (exact) mass is 459 g/mol. The molecule has 1 aliphatic heterocycles. The van der Waals surface area contributed by atoms with Crippen LogP contribution in [0.4, 0.5) is 4.39 Å². The van der Waals surface area contributed by atoms with Crippen molar-refractivity contribution in [2.24, 2.45) is 0 Å². The molecule has 0 bridgehead atoms. The largest absolute Gasteiger partial charge is 0.396 e. The van der Waals surface area contributed by atoms with E-state index in [1.54, 1.807) is 23.8 Å². The van der Waals surface area contributed by atoms with Gasteiger partial charge in [-0.15, -0.1) is 0 Å². The molecular formula is C25H30FNO6. The van der Waals surface area contributed by atoms with Gasteiger partial charge in [0.25, 0.3) is 0 Å². The summed E-state index contributed by atoms with van der Waals surface area (Å²) in [7, 11) is 0. The van der Waals surface area contributed by atoms with E-state index in [2.05, 4.69) is 0 Å². The fraction of sp³-hybridized carbons (Fsp3) is 0.440. The van der Waals surface area contributed by atoms with Gasteiger partial charge in [0.2, 0.25) is 0 Å². The summed E-state index contributed by atoms with van der Waals surface area (Å²) in [5.74, 6) is -0.416. The molecule has 0 aliphatic carbocycles. The second kappa shape index (κ2) is 9.89. The van der Waals surface area contributed by atoms with Crippen molar-refractivity contribution in [2.75, 3.05) is 13.2 Å². The molecule has 0 radical (unpaired) electrons. The minimum absolute atomic E-state index is 0.135. The van der Waals surface area contributed by atoms with Crippen LogP contribution in [-0.4, -0.2) is 67.7 Å². The Kier molecular flexibility index (Phi) is 7.13. The standard InChI is InChI=1S/C25H30FNO6/c1-14-9-17-18(25-24(32)23(31)22(30)20(13-29)33-25)12-27(21(17)19(26)10-14)11-16-6-4-15(5-7-16)3-2-8-28/h4-7,9-10,12,20,22-25,28-32H,2-3,8,11,13H2,1H3/t20-,22-,23+,24-,25+/m1/s1. The first-order valence-electron chi connectivity index (χ1n) is 11.1. The molecule has 2 aromatic carbocycles. The molecule has 2 heterocycles. The maximum atomic E-state index is 15.1. The predicted molar refractivity (Wildman–Crippen MR) is 120 cm³/mol. The van der Waals surface area contributed by atoms with Gasteiger partial charge in [0, 0.05) is 30.3 Å². The number of hydrogen-bond donors (Lipinski definition) is 5. The van der Waals surface area contributed by atoms with Crippen LogP contribution in [-0.2, 0) is 17.7 Å². The van der Waals surface area contributed by atoms with Gasteiger partial charge in [-0.3, -0.25) is 0 Å². The highest BCUT2D eigenvalue weighted by atomic mass is 19.1. The summed E-state index contributed by atoms with van der Waals surface area (Å²) in [5, 5.41) is 50.1. The molecule has 1 saturated heterocycles.